The van der Waals surface area contributed by atoms with Crippen LogP contribution < -0.4 is 10.6 Å². The number of hydrogen-bond acceptors (Lipinski definition) is 2. The highest BCUT2D eigenvalue weighted by Crippen LogP contribution is 2.19. The van der Waals surface area contributed by atoms with Gasteiger partial charge in [0, 0.05) is 19.0 Å². The normalized spacial score (nSPS) is 35.1. The Morgan fingerprint density at radius 1 is 1.50 bits per heavy atom. The van der Waals surface area contributed by atoms with E-state index in [0.717, 1.165) is 12.8 Å². The van der Waals surface area contributed by atoms with Crippen molar-refractivity contribution in [1.82, 2.24) is 10.6 Å². The Morgan fingerprint density at radius 2 is 2.25 bits per heavy atom. The molecule has 0 radical (unpaired) electrons. The molecular formula is C8H13FN2O. The van der Waals surface area contributed by atoms with Crippen molar-refractivity contribution in [2.24, 2.45) is 0 Å². The van der Waals surface area contributed by atoms with E-state index in [1.165, 1.54) is 0 Å². The van der Waals surface area contributed by atoms with Gasteiger partial charge in [-0.15, -0.1) is 0 Å². The van der Waals surface area contributed by atoms with Crippen LogP contribution in [-0.2, 0) is 4.79 Å². The van der Waals surface area contributed by atoms with Crippen LogP contribution in [0.5, 0.6) is 0 Å². The molecule has 1 saturated carbocycles. The summed E-state index contributed by atoms with van der Waals surface area (Å²) in [6.45, 7) is 0.322. The van der Waals surface area contributed by atoms with Crippen LogP contribution >= 0.6 is 0 Å². The first-order valence-electron chi connectivity index (χ1n) is 4.43. The lowest BCUT2D eigenvalue weighted by Gasteiger charge is -2.09. The summed E-state index contributed by atoms with van der Waals surface area (Å²) in [5.74, 6) is -0.0300. The van der Waals surface area contributed by atoms with E-state index < -0.39 is 6.17 Å². The predicted molar refractivity (Wildman–Crippen MR) is 42.5 cm³/mol. The molecule has 0 bridgehead atoms. The number of nitrogens with one attached hydrogen (secondary N) is 2. The van der Waals surface area contributed by atoms with Crippen LogP contribution in [0.25, 0.3) is 0 Å². The maximum Gasteiger partial charge on any atom is 0.237 e. The molecule has 2 aliphatic rings. The van der Waals surface area contributed by atoms with Gasteiger partial charge >= 0.3 is 0 Å². The molecule has 1 amide bonds. The van der Waals surface area contributed by atoms with E-state index in [1.54, 1.807) is 0 Å². The van der Waals surface area contributed by atoms with E-state index in [1.807, 2.05) is 0 Å². The zero-order chi connectivity index (χ0) is 8.55. The van der Waals surface area contributed by atoms with Crippen LogP contribution in [0.1, 0.15) is 19.3 Å². The van der Waals surface area contributed by atoms with Gasteiger partial charge in [-0.3, -0.25) is 4.79 Å². The fourth-order valence-corrected chi connectivity index (χ4v) is 1.42. The van der Waals surface area contributed by atoms with Crippen molar-refractivity contribution in [3.05, 3.63) is 0 Å². The van der Waals surface area contributed by atoms with Gasteiger partial charge in [-0.1, -0.05) is 0 Å². The third-order valence-electron chi connectivity index (χ3n) is 2.32. The lowest BCUT2D eigenvalue weighted by atomic mass is 10.2. The molecule has 1 heterocycles. The second-order valence-corrected chi connectivity index (χ2v) is 3.58. The monoisotopic (exact) mass is 172 g/mol. The Morgan fingerprint density at radius 3 is 2.75 bits per heavy atom. The molecule has 0 spiro atoms. The zero-order valence-electron chi connectivity index (χ0n) is 6.85. The van der Waals surface area contributed by atoms with Crippen LogP contribution in [0.4, 0.5) is 4.39 Å². The van der Waals surface area contributed by atoms with Gasteiger partial charge < -0.3 is 10.6 Å². The smallest absolute Gasteiger partial charge is 0.237 e. The number of amides is 1. The van der Waals surface area contributed by atoms with E-state index in [0.29, 0.717) is 19.0 Å². The second kappa shape index (κ2) is 3.01. The molecule has 0 aromatic heterocycles. The summed E-state index contributed by atoms with van der Waals surface area (Å²) in [5.41, 5.74) is 0. The molecule has 2 unspecified atom stereocenters. The Hall–Kier alpha value is -0.640. The molecule has 3 nitrogen and oxygen atoms in total. The molecule has 2 fully saturated rings. The summed E-state index contributed by atoms with van der Waals surface area (Å²) in [5, 5.41) is 5.70. The second-order valence-electron chi connectivity index (χ2n) is 3.58. The summed E-state index contributed by atoms with van der Waals surface area (Å²) in [4.78, 5) is 11.3. The molecule has 2 rings (SSSR count). The van der Waals surface area contributed by atoms with E-state index in [4.69, 9.17) is 0 Å². The Labute approximate surface area is 70.7 Å². The first-order valence-corrected chi connectivity index (χ1v) is 4.43. The standard InChI is InChI=1S/C8H13FN2O/c9-5-3-7(10-4-5)8(12)11-6-1-2-6/h5-7,10H,1-4H2,(H,11,12). The molecule has 12 heavy (non-hydrogen) atoms. The number of halogens is 1. The molecular weight excluding hydrogens is 159 g/mol. The predicted octanol–water partition coefficient (Wildman–Crippen LogP) is -0.0350. The maximum absolute atomic E-state index is 12.6. The van der Waals surface area contributed by atoms with Gasteiger partial charge in [0.25, 0.3) is 0 Å². The highest BCUT2D eigenvalue weighted by molar-refractivity contribution is 5.82. The van der Waals surface area contributed by atoms with Crippen molar-refractivity contribution in [1.29, 1.82) is 0 Å². The van der Waals surface area contributed by atoms with Crippen molar-refractivity contribution < 1.29 is 9.18 Å². The van der Waals surface area contributed by atoms with E-state index in [9.17, 15) is 9.18 Å². The van der Waals surface area contributed by atoms with Crippen molar-refractivity contribution in [2.45, 2.75) is 37.5 Å². The zero-order valence-corrected chi connectivity index (χ0v) is 6.85. The van der Waals surface area contributed by atoms with Gasteiger partial charge in [-0.25, -0.2) is 4.39 Å². The minimum absolute atomic E-state index is 0.0300. The molecule has 1 saturated heterocycles. The van der Waals surface area contributed by atoms with E-state index in [-0.39, 0.29) is 11.9 Å². The lowest BCUT2D eigenvalue weighted by Crippen LogP contribution is -2.41. The third-order valence-corrected chi connectivity index (χ3v) is 2.32. The van der Waals surface area contributed by atoms with Gasteiger partial charge in [-0.2, -0.15) is 0 Å². The molecule has 0 aromatic rings. The largest absolute Gasteiger partial charge is 0.352 e. The van der Waals surface area contributed by atoms with Crippen molar-refractivity contribution >= 4 is 5.91 Å². The molecule has 68 valence electrons. The highest BCUT2D eigenvalue weighted by Gasteiger charge is 2.32. The van der Waals surface area contributed by atoms with Crippen LogP contribution in [0.3, 0.4) is 0 Å². The fourth-order valence-electron chi connectivity index (χ4n) is 1.42. The SMILES string of the molecule is O=C(NC1CC1)C1CC(F)CN1. The summed E-state index contributed by atoms with van der Waals surface area (Å²) in [6.07, 6.45) is 1.65. The highest BCUT2D eigenvalue weighted by atomic mass is 19.1. The van der Waals surface area contributed by atoms with Crippen molar-refractivity contribution in [3.63, 3.8) is 0 Å². The Kier molecular flexibility index (Phi) is 2.00. The number of hydrogen-bond donors (Lipinski definition) is 2. The minimum Gasteiger partial charge on any atom is -0.352 e. The summed E-state index contributed by atoms with van der Waals surface area (Å²) >= 11 is 0. The van der Waals surface area contributed by atoms with Crippen molar-refractivity contribution in [2.75, 3.05) is 6.54 Å². The molecule has 2 atom stereocenters. The summed E-state index contributed by atoms with van der Waals surface area (Å²) < 4.78 is 12.6. The first kappa shape index (κ1) is 7.98. The number of carbonyl (C=O) groups excluding carboxylic acids is 1. The quantitative estimate of drug-likeness (QED) is 0.614. The van der Waals surface area contributed by atoms with Gasteiger partial charge in [0.1, 0.15) is 6.17 Å². The van der Waals surface area contributed by atoms with Gasteiger partial charge in [0.2, 0.25) is 5.91 Å². The van der Waals surface area contributed by atoms with Gasteiger partial charge in [0.05, 0.1) is 6.04 Å². The third kappa shape index (κ3) is 1.75. The van der Waals surface area contributed by atoms with Gasteiger partial charge in [-0.05, 0) is 12.8 Å². The van der Waals surface area contributed by atoms with Crippen LogP contribution in [0.15, 0.2) is 0 Å². The maximum atomic E-state index is 12.6. The van der Waals surface area contributed by atoms with E-state index >= 15 is 0 Å². The summed E-state index contributed by atoms with van der Waals surface area (Å²) in [6, 6.07) is 0.0820. The average Bonchev–Trinajstić information content (AvgIpc) is 2.72. The molecule has 1 aliphatic heterocycles. The van der Waals surface area contributed by atoms with Crippen LogP contribution in [0, 0.1) is 0 Å². The topological polar surface area (TPSA) is 41.1 Å². The minimum atomic E-state index is -0.847. The first-order chi connectivity index (χ1) is 5.75. The van der Waals surface area contributed by atoms with Crippen LogP contribution in [0.2, 0.25) is 0 Å². The number of carbonyl (C=O) groups is 1. The molecule has 2 N–H and O–H groups in total. The molecule has 1 aliphatic carbocycles. The van der Waals surface area contributed by atoms with Crippen molar-refractivity contribution in [3.8, 4) is 0 Å². The Bertz CT molecular complexity index is 193. The lowest BCUT2D eigenvalue weighted by molar-refractivity contribution is -0.123. The Balaban J connectivity index is 1.79. The fraction of sp³-hybridized carbons (Fsp3) is 0.875. The molecule has 0 aromatic carbocycles. The van der Waals surface area contributed by atoms with Crippen LogP contribution in [-0.4, -0.2) is 30.7 Å². The average molecular weight is 172 g/mol. The molecule has 4 heteroatoms. The van der Waals surface area contributed by atoms with Gasteiger partial charge in [0.15, 0.2) is 0 Å². The number of rotatable bonds is 2. The number of alkyl halides is 1. The van der Waals surface area contributed by atoms with E-state index in [2.05, 4.69) is 10.6 Å². The summed E-state index contributed by atoms with van der Waals surface area (Å²) in [7, 11) is 0.